The number of aryl methyl sites for hydroxylation is 2. The van der Waals surface area contributed by atoms with Crippen molar-refractivity contribution in [3.05, 3.63) is 46.2 Å². The van der Waals surface area contributed by atoms with Crippen molar-refractivity contribution in [2.24, 2.45) is 0 Å². The second-order valence-corrected chi connectivity index (χ2v) is 11.1. The smallest absolute Gasteiger partial charge is 0.223 e. The molecule has 0 saturated carbocycles. The van der Waals surface area contributed by atoms with Crippen LogP contribution in [0.25, 0.3) is 22.0 Å². The molecule has 1 amide bonds. The fraction of sp³-hybridized carbons (Fsp3) is 0.273. The third-order valence-corrected chi connectivity index (χ3v) is 7.61. The van der Waals surface area contributed by atoms with E-state index in [0.717, 1.165) is 40.9 Å². The Hall–Kier alpha value is -2.84. The molecule has 1 N–H and O–H groups in total. The summed E-state index contributed by atoms with van der Waals surface area (Å²) in [4.78, 5) is 26.2. The van der Waals surface area contributed by atoms with Crippen LogP contribution in [-0.2, 0) is 27.7 Å². The molecule has 33 heavy (non-hydrogen) atoms. The first-order chi connectivity index (χ1) is 15.6. The van der Waals surface area contributed by atoms with Crippen LogP contribution >= 0.6 is 22.9 Å². The van der Waals surface area contributed by atoms with Gasteiger partial charge in [-0.25, -0.2) is 23.4 Å². The van der Waals surface area contributed by atoms with Crippen LogP contribution in [0.1, 0.15) is 23.7 Å². The van der Waals surface area contributed by atoms with E-state index >= 15 is 0 Å². The first-order valence-corrected chi connectivity index (χ1v) is 13.0. The van der Waals surface area contributed by atoms with Gasteiger partial charge in [-0.3, -0.25) is 4.79 Å². The van der Waals surface area contributed by atoms with Crippen LogP contribution in [0, 0.1) is 11.8 Å². The summed E-state index contributed by atoms with van der Waals surface area (Å²) in [7, 11) is -1.82. The molecular formula is C22H20ClN5O3S2. The highest BCUT2D eigenvalue weighted by atomic mass is 35.5. The van der Waals surface area contributed by atoms with E-state index in [-0.39, 0.29) is 12.5 Å². The Kier molecular flexibility index (Phi) is 6.50. The number of amides is 1. The van der Waals surface area contributed by atoms with Gasteiger partial charge in [-0.1, -0.05) is 34.8 Å². The maximum Gasteiger partial charge on any atom is 0.223 e. The average molecular weight is 502 g/mol. The number of rotatable bonds is 4. The summed E-state index contributed by atoms with van der Waals surface area (Å²) in [5.74, 6) is 6.11. The van der Waals surface area contributed by atoms with Crippen LogP contribution in [0.5, 0.6) is 0 Å². The number of carbonyl (C=O) groups is 1. The fourth-order valence-electron chi connectivity index (χ4n) is 3.22. The molecule has 2 aromatic heterocycles. The van der Waals surface area contributed by atoms with Crippen molar-refractivity contribution in [3.8, 4) is 33.8 Å². The molecule has 11 heteroatoms. The lowest BCUT2D eigenvalue weighted by Crippen LogP contribution is -2.25. The lowest BCUT2D eigenvalue weighted by molar-refractivity contribution is -0.114. The van der Waals surface area contributed by atoms with Crippen molar-refractivity contribution in [2.75, 3.05) is 25.2 Å². The molecule has 0 bridgehead atoms. The Bertz CT molecular complexity index is 1420. The van der Waals surface area contributed by atoms with Crippen LogP contribution < -0.4 is 5.32 Å². The minimum Gasteiger partial charge on any atom is -0.302 e. The first-order valence-electron chi connectivity index (χ1n) is 9.95. The van der Waals surface area contributed by atoms with Crippen LogP contribution in [0.4, 0.5) is 5.13 Å². The molecule has 4 rings (SSSR count). The van der Waals surface area contributed by atoms with Crippen molar-refractivity contribution in [1.29, 1.82) is 0 Å². The molecule has 0 aliphatic heterocycles. The number of carbonyl (C=O) groups excluding carboxylic acids is 1. The maximum absolute atomic E-state index is 11.5. The van der Waals surface area contributed by atoms with Gasteiger partial charge < -0.3 is 5.32 Å². The summed E-state index contributed by atoms with van der Waals surface area (Å²) < 4.78 is 24.2. The van der Waals surface area contributed by atoms with Gasteiger partial charge in [0.15, 0.2) is 11.0 Å². The number of nitrogens with one attached hydrogen (secondary N) is 1. The predicted molar refractivity (Wildman–Crippen MR) is 130 cm³/mol. The van der Waals surface area contributed by atoms with Gasteiger partial charge in [-0.05, 0) is 36.6 Å². The Balaban J connectivity index is 1.67. The number of sulfonamides is 1. The maximum atomic E-state index is 11.5. The number of halogens is 1. The molecule has 170 valence electrons. The van der Waals surface area contributed by atoms with E-state index in [4.69, 9.17) is 16.6 Å². The van der Waals surface area contributed by atoms with Crippen molar-refractivity contribution in [3.63, 3.8) is 0 Å². The van der Waals surface area contributed by atoms with Gasteiger partial charge in [-0.15, -0.1) is 0 Å². The van der Waals surface area contributed by atoms with Crippen molar-refractivity contribution < 1.29 is 13.2 Å². The number of thiazole rings is 1. The largest absolute Gasteiger partial charge is 0.302 e. The van der Waals surface area contributed by atoms with E-state index in [1.165, 1.54) is 29.6 Å². The van der Waals surface area contributed by atoms with Gasteiger partial charge in [-0.2, -0.15) is 4.31 Å². The molecule has 1 aliphatic carbocycles. The van der Waals surface area contributed by atoms with Crippen molar-refractivity contribution in [2.45, 2.75) is 19.8 Å². The van der Waals surface area contributed by atoms with Gasteiger partial charge in [0.1, 0.15) is 0 Å². The standard InChI is InChI=1S/C22H20ClN5O3S2/c1-13(29)25-22-26-18-9-7-15-12-24-21(27-19(15)20(18)32-22)16-11-14(6-8-17(16)23)5-4-10-28(2)33(3,30)31/h6,8,11-12H,7,9-10H2,1-3H3,(H,25,26,29). The zero-order chi connectivity index (χ0) is 23.8. The number of nitrogens with zero attached hydrogens (tertiary/aromatic N) is 4. The molecule has 0 atom stereocenters. The average Bonchev–Trinajstić information content (AvgIpc) is 3.16. The lowest BCUT2D eigenvalue weighted by Gasteiger charge is -2.15. The second-order valence-electron chi connectivity index (χ2n) is 7.56. The Morgan fingerprint density at radius 1 is 1.30 bits per heavy atom. The fourth-order valence-corrected chi connectivity index (χ4v) is 4.81. The molecule has 0 saturated heterocycles. The zero-order valence-electron chi connectivity index (χ0n) is 18.1. The summed E-state index contributed by atoms with van der Waals surface area (Å²) in [6.07, 6.45) is 4.46. The summed E-state index contributed by atoms with van der Waals surface area (Å²) in [6, 6.07) is 5.27. The van der Waals surface area contributed by atoms with E-state index in [1.807, 2.05) is 0 Å². The zero-order valence-corrected chi connectivity index (χ0v) is 20.5. The Labute approximate surface area is 201 Å². The summed E-state index contributed by atoms with van der Waals surface area (Å²) in [5.41, 5.74) is 4.00. The quantitative estimate of drug-likeness (QED) is 0.550. The van der Waals surface area contributed by atoms with Gasteiger partial charge in [0.2, 0.25) is 15.9 Å². The number of fused-ring (bicyclic) bond motifs is 3. The van der Waals surface area contributed by atoms with Gasteiger partial charge in [0.25, 0.3) is 0 Å². The molecule has 8 nitrogen and oxygen atoms in total. The van der Waals surface area contributed by atoms with Crippen LogP contribution in [-0.4, -0.2) is 53.4 Å². The summed E-state index contributed by atoms with van der Waals surface area (Å²) in [5, 5.41) is 3.77. The van der Waals surface area contributed by atoms with Gasteiger partial charge in [0, 0.05) is 31.3 Å². The number of aromatic nitrogens is 3. The second kappa shape index (κ2) is 9.19. The molecular weight excluding hydrogens is 482 g/mol. The number of benzene rings is 1. The number of hydrogen-bond donors (Lipinski definition) is 1. The van der Waals surface area contributed by atoms with Gasteiger partial charge >= 0.3 is 0 Å². The van der Waals surface area contributed by atoms with Gasteiger partial charge in [0.05, 0.1) is 34.1 Å². The van der Waals surface area contributed by atoms with E-state index < -0.39 is 10.0 Å². The molecule has 1 aliphatic rings. The van der Waals surface area contributed by atoms with Crippen LogP contribution in [0.2, 0.25) is 5.02 Å². The Morgan fingerprint density at radius 3 is 2.82 bits per heavy atom. The molecule has 2 heterocycles. The lowest BCUT2D eigenvalue weighted by atomic mass is 9.99. The Morgan fingerprint density at radius 2 is 2.09 bits per heavy atom. The van der Waals surface area contributed by atoms with E-state index in [0.29, 0.717) is 27.1 Å². The highest BCUT2D eigenvalue weighted by Gasteiger charge is 2.24. The molecule has 3 aromatic rings. The minimum atomic E-state index is -3.29. The minimum absolute atomic E-state index is 0.0803. The molecule has 1 aromatic carbocycles. The van der Waals surface area contributed by atoms with Crippen LogP contribution in [0.3, 0.4) is 0 Å². The summed E-state index contributed by atoms with van der Waals surface area (Å²) >= 11 is 7.84. The number of anilines is 1. The molecule has 0 spiro atoms. The van der Waals surface area contributed by atoms with Crippen LogP contribution in [0.15, 0.2) is 24.4 Å². The topological polar surface area (TPSA) is 105 Å². The summed E-state index contributed by atoms with van der Waals surface area (Å²) in [6.45, 7) is 1.53. The van der Waals surface area contributed by atoms with Crippen molar-refractivity contribution in [1.82, 2.24) is 19.3 Å². The highest BCUT2D eigenvalue weighted by Crippen LogP contribution is 2.39. The molecule has 0 radical (unpaired) electrons. The first kappa shape index (κ1) is 23.3. The molecule has 0 unspecified atom stereocenters. The highest BCUT2D eigenvalue weighted by molar-refractivity contribution is 7.88. The van der Waals surface area contributed by atoms with E-state index in [2.05, 4.69) is 27.1 Å². The molecule has 0 fully saturated rings. The third kappa shape index (κ3) is 5.23. The normalized spacial score (nSPS) is 12.5. The SMILES string of the molecule is CC(=O)Nc1nc2c(s1)-c1nc(-c3cc(C#CCN(C)S(C)(=O)=O)ccc3Cl)ncc1CC2. The van der Waals surface area contributed by atoms with E-state index in [1.54, 1.807) is 24.4 Å². The third-order valence-electron chi connectivity index (χ3n) is 5.00. The van der Waals surface area contributed by atoms with E-state index in [9.17, 15) is 13.2 Å². The van der Waals surface area contributed by atoms with Crippen molar-refractivity contribution >= 4 is 44.0 Å². The predicted octanol–water partition coefficient (Wildman–Crippen LogP) is 3.22. The monoisotopic (exact) mass is 501 g/mol. The number of hydrogen-bond acceptors (Lipinski definition) is 7.